The number of aromatic hydroxyl groups is 1. The molecule has 19 heavy (non-hydrogen) atoms. The van der Waals surface area contributed by atoms with Crippen molar-refractivity contribution >= 4 is 23.3 Å². The number of hydrogen-bond acceptors (Lipinski definition) is 2. The highest BCUT2D eigenvalue weighted by Crippen LogP contribution is 2.15. The molecule has 4 nitrogen and oxygen atoms in total. The highest BCUT2D eigenvalue weighted by molar-refractivity contribution is 6.30. The third kappa shape index (κ3) is 4.19. The summed E-state index contributed by atoms with van der Waals surface area (Å²) in [7, 11) is 0. The first-order chi connectivity index (χ1) is 9.13. The summed E-state index contributed by atoms with van der Waals surface area (Å²) in [6.45, 7) is 0.334. The third-order valence-electron chi connectivity index (χ3n) is 2.45. The summed E-state index contributed by atoms with van der Waals surface area (Å²) < 4.78 is 0. The zero-order chi connectivity index (χ0) is 13.7. The van der Waals surface area contributed by atoms with Crippen molar-refractivity contribution in [2.24, 2.45) is 0 Å². The van der Waals surface area contributed by atoms with E-state index in [0.717, 1.165) is 5.56 Å². The Kier molecular flexibility index (Phi) is 4.26. The molecular weight excluding hydrogens is 264 g/mol. The molecule has 0 saturated carbocycles. The summed E-state index contributed by atoms with van der Waals surface area (Å²) >= 11 is 5.82. The Balaban J connectivity index is 1.88. The van der Waals surface area contributed by atoms with Crippen molar-refractivity contribution in [3.05, 3.63) is 59.1 Å². The lowest BCUT2D eigenvalue weighted by atomic mass is 10.2. The van der Waals surface area contributed by atoms with Crippen molar-refractivity contribution < 1.29 is 9.90 Å². The number of carbonyl (C=O) groups is 1. The second-order valence-electron chi connectivity index (χ2n) is 3.99. The Morgan fingerprint density at radius 3 is 2.68 bits per heavy atom. The van der Waals surface area contributed by atoms with E-state index in [9.17, 15) is 9.90 Å². The van der Waals surface area contributed by atoms with Crippen molar-refractivity contribution in [3.8, 4) is 5.75 Å². The Labute approximate surface area is 116 Å². The zero-order valence-electron chi connectivity index (χ0n) is 10.1. The van der Waals surface area contributed by atoms with E-state index in [2.05, 4.69) is 10.6 Å². The van der Waals surface area contributed by atoms with Crippen LogP contribution in [0.25, 0.3) is 0 Å². The Hall–Kier alpha value is -2.20. The third-order valence-corrected chi connectivity index (χ3v) is 2.68. The van der Waals surface area contributed by atoms with Gasteiger partial charge in [-0.05, 0) is 35.9 Å². The van der Waals surface area contributed by atoms with Gasteiger partial charge in [-0.1, -0.05) is 29.8 Å². The molecule has 0 unspecified atom stereocenters. The molecule has 2 aromatic rings. The SMILES string of the molecule is O=C(NCc1cccc(O)c1)Nc1cccc(Cl)c1. The van der Waals surface area contributed by atoms with Crippen LogP contribution in [0.2, 0.25) is 5.02 Å². The van der Waals surface area contributed by atoms with Crippen molar-refractivity contribution in [1.29, 1.82) is 0 Å². The Morgan fingerprint density at radius 2 is 1.95 bits per heavy atom. The quantitative estimate of drug-likeness (QED) is 0.805. The minimum atomic E-state index is -0.328. The number of urea groups is 1. The topological polar surface area (TPSA) is 61.4 Å². The molecule has 2 aromatic carbocycles. The van der Waals surface area contributed by atoms with Crippen LogP contribution in [0.5, 0.6) is 5.75 Å². The van der Waals surface area contributed by atoms with Crippen LogP contribution < -0.4 is 10.6 Å². The maximum absolute atomic E-state index is 11.7. The second-order valence-corrected chi connectivity index (χ2v) is 4.42. The Bertz CT molecular complexity index is 587. The number of carbonyl (C=O) groups excluding carboxylic acids is 1. The lowest BCUT2D eigenvalue weighted by molar-refractivity contribution is 0.251. The highest BCUT2D eigenvalue weighted by Gasteiger charge is 2.02. The fourth-order valence-corrected chi connectivity index (χ4v) is 1.78. The largest absolute Gasteiger partial charge is 0.508 e. The number of halogens is 1. The average molecular weight is 277 g/mol. The van der Waals surface area contributed by atoms with Gasteiger partial charge in [-0.2, -0.15) is 0 Å². The van der Waals surface area contributed by atoms with Crippen LogP contribution >= 0.6 is 11.6 Å². The van der Waals surface area contributed by atoms with Gasteiger partial charge in [0, 0.05) is 17.3 Å². The van der Waals surface area contributed by atoms with E-state index >= 15 is 0 Å². The predicted molar refractivity (Wildman–Crippen MR) is 75.4 cm³/mol. The summed E-state index contributed by atoms with van der Waals surface area (Å²) in [5.41, 5.74) is 1.45. The molecule has 0 aliphatic heterocycles. The smallest absolute Gasteiger partial charge is 0.319 e. The monoisotopic (exact) mass is 276 g/mol. The first-order valence-electron chi connectivity index (χ1n) is 5.72. The molecule has 0 spiro atoms. The van der Waals surface area contributed by atoms with Crippen LogP contribution in [0.1, 0.15) is 5.56 Å². The minimum absolute atomic E-state index is 0.176. The van der Waals surface area contributed by atoms with E-state index in [1.54, 1.807) is 42.5 Å². The van der Waals surface area contributed by atoms with Gasteiger partial charge in [0.15, 0.2) is 0 Å². The van der Waals surface area contributed by atoms with E-state index in [0.29, 0.717) is 17.3 Å². The molecule has 2 rings (SSSR count). The second kappa shape index (κ2) is 6.11. The van der Waals surface area contributed by atoms with E-state index in [-0.39, 0.29) is 11.8 Å². The maximum atomic E-state index is 11.7. The van der Waals surface area contributed by atoms with Crippen LogP contribution in [-0.4, -0.2) is 11.1 Å². The first kappa shape index (κ1) is 13.2. The fraction of sp³-hybridized carbons (Fsp3) is 0.0714. The number of rotatable bonds is 3. The number of phenolic OH excluding ortho intramolecular Hbond substituents is 1. The minimum Gasteiger partial charge on any atom is -0.508 e. The fourth-order valence-electron chi connectivity index (χ4n) is 1.59. The van der Waals surface area contributed by atoms with E-state index in [4.69, 9.17) is 11.6 Å². The van der Waals surface area contributed by atoms with Gasteiger partial charge in [-0.25, -0.2) is 4.79 Å². The zero-order valence-corrected chi connectivity index (χ0v) is 10.8. The molecular formula is C14H13ClN2O2. The highest BCUT2D eigenvalue weighted by atomic mass is 35.5. The van der Waals surface area contributed by atoms with Gasteiger partial charge in [0.1, 0.15) is 5.75 Å². The van der Waals surface area contributed by atoms with Crippen molar-refractivity contribution in [2.45, 2.75) is 6.54 Å². The van der Waals surface area contributed by atoms with Crippen LogP contribution in [0.15, 0.2) is 48.5 Å². The molecule has 3 N–H and O–H groups in total. The summed E-state index contributed by atoms with van der Waals surface area (Å²) in [6, 6.07) is 13.3. The van der Waals surface area contributed by atoms with Gasteiger partial charge in [-0.3, -0.25) is 0 Å². The molecule has 5 heteroatoms. The summed E-state index contributed by atoms with van der Waals surface area (Å²) in [5, 5.41) is 15.2. The van der Waals surface area contributed by atoms with Crippen molar-refractivity contribution in [1.82, 2.24) is 5.32 Å². The van der Waals surface area contributed by atoms with Crippen LogP contribution in [0.4, 0.5) is 10.5 Å². The summed E-state index contributed by atoms with van der Waals surface area (Å²) in [4.78, 5) is 11.7. The van der Waals surface area contributed by atoms with Gasteiger partial charge in [-0.15, -0.1) is 0 Å². The van der Waals surface area contributed by atoms with E-state index in [1.807, 2.05) is 6.07 Å². The number of phenols is 1. The van der Waals surface area contributed by atoms with Gasteiger partial charge >= 0.3 is 6.03 Å². The van der Waals surface area contributed by atoms with E-state index < -0.39 is 0 Å². The number of hydrogen-bond donors (Lipinski definition) is 3. The number of anilines is 1. The molecule has 0 radical (unpaired) electrons. The summed E-state index contributed by atoms with van der Waals surface area (Å²) in [5.74, 6) is 0.176. The number of amides is 2. The van der Waals surface area contributed by atoms with Crippen molar-refractivity contribution in [3.63, 3.8) is 0 Å². The molecule has 0 atom stereocenters. The molecule has 98 valence electrons. The molecule has 2 amide bonds. The van der Waals surface area contributed by atoms with Gasteiger partial charge in [0.2, 0.25) is 0 Å². The summed E-state index contributed by atoms with van der Waals surface area (Å²) in [6.07, 6.45) is 0. The first-order valence-corrected chi connectivity index (χ1v) is 6.09. The molecule has 0 bridgehead atoms. The van der Waals surface area contributed by atoms with Crippen molar-refractivity contribution in [2.75, 3.05) is 5.32 Å². The van der Waals surface area contributed by atoms with Gasteiger partial charge in [0.05, 0.1) is 0 Å². The van der Waals surface area contributed by atoms with E-state index in [1.165, 1.54) is 0 Å². The van der Waals surface area contributed by atoms with Crippen LogP contribution in [0, 0.1) is 0 Å². The van der Waals surface area contributed by atoms with Gasteiger partial charge < -0.3 is 15.7 Å². The molecule has 0 aliphatic carbocycles. The van der Waals surface area contributed by atoms with Crippen LogP contribution in [-0.2, 0) is 6.54 Å². The number of nitrogens with one attached hydrogen (secondary N) is 2. The van der Waals surface area contributed by atoms with Crippen LogP contribution in [0.3, 0.4) is 0 Å². The lowest BCUT2D eigenvalue weighted by Crippen LogP contribution is -2.28. The average Bonchev–Trinajstić information content (AvgIpc) is 2.36. The molecule has 0 aliphatic rings. The van der Waals surface area contributed by atoms with Gasteiger partial charge in [0.25, 0.3) is 0 Å². The molecule has 0 aromatic heterocycles. The predicted octanol–water partition coefficient (Wildman–Crippen LogP) is 3.37. The number of benzene rings is 2. The molecule has 0 heterocycles. The Morgan fingerprint density at radius 1 is 1.16 bits per heavy atom. The molecule has 0 fully saturated rings. The normalized spacial score (nSPS) is 9.95. The molecule has 0 saturated heterocycles. The maximum Gasteiger partial charge on any atom is 0.319 e. The standard InChI is InChI=1S/C14H13ClN2O2/c15-11-4-2-5-12(8-11)17-14(19)16-9-10-3-1-6-13(18)7-10/h1-8,18H,9H2,(H2,16,17,19). The lowest BCUT2D eigenvalue weighted by Gasteiger charge is -2.08.